The van der Waals surface area contributed by atoms with Gasteiger partial charge in [-0.2, -0.15) is 0 Å². The van der Waals surface area contributed by atoms with E-state index in [-0.39, 0.29) is 0 Å². The number of benzene rings is 1. The van der Waals surface area contributed by atoms with Crippen LogP contribution in [0.2, 0.25) is 0 Å². The molecule has 2 aliphatic rings. The smallest absolute Gasteiger partial charge is 0.0490 e. The summed E-state index contributed by atoms with van der Waals surface area (Å²) in [5, 5.41) is 0. The van der Waals surface area contributed by atoms with Gasteiger partial charge in [0.2, 0.25) is 0 Å². The number of nitrogens with zero attached hydrogens (tertiary/aromatic N) is 1. The third kappa shape index (κ3) is 2.24. The van der Waals surface area contributed by atoms with Crippen molar-refractivity contribution in [2.24, 2.45) is 5.73 Å². The Morgan fingerprint density at radius 1 is 1.19 bits per heavy atom. The van der Waals surface area contributed by atoms with E-state index in [0.29, 0.717) is 0 Å². The number of rotatable bonds is 3. The topological polar surface area (TPSA) is 29.3 Å². The van der Waals surface area contributed by atoms with Crippen molar-refractivity contribution in [2.75, 3.05) is 18.0 Å². The summed E-state index contributed by atoms with van der Waals surface area (Å²) in [5.41, 5.74) is 15.2. The van der Waals surface area contributed by atoms with Crippen molar-refractivity contribution in [1.82, 2.24) is 0 Å². The maximum Gasteiger partial charge on any atom is 0.0490 e. The van der Waals surface area contributed by atoms with E-state index in [1.807, 2.05) is 0 Å². The van der Waals surface area contributed by atoms with Crippen LogP contribution in [-0.4, -0.2) is 13.1 Å². The molecule has 1 heterocycles. The van der Waals surface area contributed by atoms with Gasteiger partial charge in [0.15, 0.2) is 0 Å². The fourth-order valence-corrected chi connectivity index (χ4v) is 3.43. The molecule has 0 atom stereocenters. The van der Waals surface area contributed by atoms with Crippen molar-refractivity contribution in [3.8, 4) is 0 Å². The molecule has 0 unspecified atom stereocenters. The van der Waals surface area contributed by atoms with Crippen molar-refractivity contribution in [3.05, 3.63) is 58.8 Å². The highest BCUT2D eigenvalue weighted by molar-refractivity contribution is 5.92. The highest BCUT2D eigenvalue weighted by Crippen LogP contribution is 2.46. The average molecular weight is 280 g/mol. The van der Waals surface area contributed by atoms with E-state index in [9.17, 15) is 0 Å². The molecule has 110 valence electrons. The molecule has 1 aromatic carbocycles. The first-order valence-electron chi connectivity index (χ1n) is 7.81. The number of nitrogens with two attached hydrogens (primary N) is 1. The van der Waals surface area contributed by atoms with Gasteiger partial charge in [0.05, 0.1) is 0 Å². The van der Waals surface area contributed by atoms with Gasteiger partial charge in [-0.1, -0.05) is 30.4 Å². The Balaban J connectivity index is 2.16. The largest absolute Gasteiger partial charge is 0.340 e. The SMILES string of the molecule is C=C1C2=C(C(C)=C(C)CC2)N(CCCN)c2ccccc21. The van der Waals surface area contributed by atoms with E-state index in [2.05, 4.69) is 49.6 Å². The first-order chi connectivity index (χ1) is 10.1. The minimum absolute atomic E-state index is 0.726. The monoisotopic (exact) mass is 280 g/mol. The summed E-state index contributed by atoms with van der Waals surface area (Å²) in [6.45, 7) is 10.6. The van der Waals surface area contributed by atoms with Crippen LogP contribution < -0.4 is 10.6 Å². The van der Waals surface area contributed by atoms with E-state index in [4.69, 9.17) is 5.73 Å². The maximum atomic E-state index is 5.75. The Morgan fingerprint density at radius 2 is 1.95 bits per heavy atom. The van der Waals surface area contributed by atoms with Crippen LogP contribution in [0.4, 0.5) is 5.69 Å². The predicted octanol–water partition coefficient (Wildman–Crippen LogP) is 4.25. The van der Waals surface area contributed by atoms with Gasteiger partial charge in [0.25, 0.3) is 0 Å². The van der Waals surface area contributed by atoms with E-state index < -0.39 is 0 Å². The van der Waals surface area contributed by atoms with E-state index >= 15 is 0 Å². The van der Waals surface area contributed by atoms with Crippen LogP contribution in [0, 0.1) is 0 Å². The fourth-order valence-electron chi connectivity index (χ4n) is 3.43. The van der Waals surface area contributed by atoms with E-state index in [1.54, 1.807) is 0 Å². The Hall–Kier alpha value is -1.80. The van der Waals surface area contributed by atoms with Gasteiger partial charge in [0.1, 0.15) is 0 Å². The quantitative estimate of drug-likeness (QED) is 0.896. The Bertz CT molecular complexity index is 649. The predicted molar refractivity (Wildman–Crippen MR) is 91.1 cm³/mol. The molecule has 21 heavy (non-hydrogen) atoms. The van der Waals surface area contributed by atoms with Gasteiger partial charge in [-0.3, -0.25) is 0 Å². The molecule has 0 bridgehead atoms. The minimum atomic E-state index is 0.726. The summed E-state index contributed by atoms with van der Waals surface area (Å²) in [5.74, 6) is 0. The maximum absolute atomic E-state index is 5.75. The van der Waals surface area contributed by atoms with Gasteiger partial charge < -0.3 is 10.6 Å². The lowest BCUT2D eigenvalue weighted by Crippen LogP contribution is -2.32. The van der Waals surface area contributed by atoms with Crippen LogP contribution in [0.5, 0.6) is 0 Å². The molecule has 1 aliphatic carbocycles. The number of hydrogen-bond acceptors (Lipinski definition) is 2. The minimum Gasteiger partial charge on any atom is -0.340 e. The molecule has 0 saturated carbocycles. The van der Waals surface area contributed by atoms with Gasteiger partial charge in [-0.15, -0.1) is 0 Å². The van der Waals surface area contributed by atoms with Crippen molar-refractivity contribution in [3.63, 3.8) is 0 Å². The first kappa shape index (κ1) is 14.2. The molecule has 0 amide bonds. The molecule has 0 fully saturated rings. The molecule has 0 saturated heterocycles. The summed E-state index contributed by atoms with van der Waals surface area (Å²) < 4.78 is 0. The zero-order chi connectivity index (χ0) is 15.0. The number of para-hydroxylation sites is 1. The fraction of sp³-hybridized carbons (Fsp3) is 0.368. The van der Waals surface area contributed by atoms with Gasteiger partial charge in [0, 0.05) is 23.5 Å². The molecule has 0 radical (unpaired) electrons. The normalized spacial score (nSPS) is 18.0. The summed E-state index contributed by atoms with van der Waals surface area (Å²) in [6.07, 6.45) is 3.26. The summed E-state index contributed by atoms with van der Waals surface area (Å²) >= 11 is 0. The molecule has 1 aromatic rings. The third-order valence-corrected chi connectivity index (χ3v) is 4.77. The van der Waals surface area contributed by atoms with Crippen molar-refractivity contribution < 1.29 is 0 Å². The Labute approximate surface area is 127 Å². The molecule has 1 aliphatic heterocycles. The Kier molecular flexibility index (Phi) is 3.73. The van der Waals surface area contributed by atoms with Crippen LogP contribution in [0.3, 0.4) is 0 Å². The van der Waals surface area contributed by atoms with Crippen LogP contribution >= 0.6 is 0 Å². The molecule has 2 nitrogen and oxygen atoms in total. The van der Waals surface area contributed by atoms with Gasteiger partial charge in [-0.25, -0.2) is 0 Å². The molecule has 3 rings (SSSR count). The van der Waals surface area contributed by atoms with Crippen LogP contribution in [-0.2, 0) is 0 Å². The highest BCUT2D eigenvalue weighted by atomic mass is 15.2. The summed E-state index contributed by atoms with van der Waals surface area (Å²) in [7, 11) is 0. The second-order valence-corrected chi connectivity index (χ2v) is 6.02. The second-order valence-electron chi connectivity index (χ2n) is 6.02. The van der Waals surface area contributed by atoms with Crippen LogP contribution in [0.15, 0.2) is 53.3 Å². The van der Waals surface area contributed by atoms with E-state index in [1.165, 1.54) is 39.2 Å². The average Bonchev–Trinajstić information content (AvgIpc) is 2.51. The van der Waals surface area contributed by atoms with Crippen molar-refractivity contribution in [1.29, 1.82) is 0 Å². The zero-order valence-electron chi connectivity index (χ0n) is 13.1. The van der Waals surface area contributed by atoms with Crippen molar-refractivity contribution >= 4 is 11.3 Å². The van der Waals surface area contributed by atoms with E-state index in [0.717, 1.165) is 32.4 Å². The van der Waals surface area contributed by atoms with Crippen LogP contribution in [0.1, 0.15) is 38.7 Å². The number of hydrogen-bond donors (Lipinski definition) is 1. The lowest BCUT2D eigenvalue weighted by atomic mass is 9.81. The molecule has 2 heteroatoms. The van der Waals surface area contributed by atoms with Gasteiger partial charge >= 0.3 is 0 Å². The van der Waals surface area contributed by atoms with Crippen LogP contribution in [0.25, 0.3) is 5.57 Å². The first-order valence-corrected chi connectivity index (χ1v) is 7.81. The van der Waals surface area contributed by atoms with Crippen molar-refractivity contribution in [2.45, 2.75) is 33.1 Å². The van der Waals surface area contributed by atoms with Gasteiger partial charge in [-0.05, 0) is 62.4 Å². The number of anilines is 1. The third-order valence-electron chi connectivity index (χ3n) is 4.77. The lowest BCUT2D eigenvalue weighted by Gasteiger charge is -2.39. The standard InChI is InChI=1S/C19H24N2/c1-13-9-10-17-15(3)16-7-4-5-8-18(16)21(12-6-11-20)19(17)14(13)2/h4-5,7-8H,3,6,9-12,20H2,1-2H3. The second kappa shape index (κ2) is 5.53. The molecule has 0 spiro atoms. The summed E-state index contributed by atoms with van der Waals surface area (Å²) in [4.78, 5) is 2.46. The molecule has 2 N–H and O–H groups in total. The summed E-state index contributed by atoms with van der Waals surface area (Å²) in [6, 6.07) is 8.62. The zero-order valence-corrected chi connectivity index (χ0v) is 13.1. The Morgan fingerprint density at radius 3 is 2.71 bits per heavy atom. The molecular weight excluding hydrogens is 256 g/mol. The lowest BCUT2D eigenvalue weighted by molar-refractivity contribution is 0.766. The number of allylic oxidation sites excluding steroid dienone is 4. The highest BCUT2D eigenvalue weighted by Gasteiger charge is 2.30. The molecule has 0 aromatic heterocycles. The molecular formula is C19H24N2. The number of fused-ring (bicyclic) bond motifs is 1.